The molecular weight excluding hydrogens is 430 g/mol. The second-order valence-electron chi connectivity index (χ2n) is 8.46. The average molecular weight is 454 g/mol. The molecule has 5 rings (SSSR count). The number of hydrogen-bond acceptors (Lipinski definition) is 3. The molecule has 3 aromatic carbocycles. The first-order valence-electron chi connectivity index (χ1n) is 11.0. The van der Waals surface area contributed by atoms with Gasteiger partial charge in [0, 0.05) is 40.6 Å². The molecule has 0 saturated heterocycles. The van der Waals surface area contributed by atoms with Gasteiger partial charge in [0.25, 0.3) is 0 Å². The molecule has 5 heteroatoms. The fraction of sp³-hybridized carbons (Fsp3) is 0.179. The smallest absolute Gasteiger partial charge is 0.240 e. The first-order chi connectivity index (χ1) is 15.9. The van der Waals surface area contributed by atoms with Crippen LogP contribution in [-0.4, -0.2) is 21.6 Å². The van der Waals surface area contributed by atoms with Crippen molar-refractivity contribution >= 4 is 34.1 Å². The minimum absolute atomic E-state index is 0.0716. The van der Waals surface area contributed by atoms with Crippen LogP contribution in [0.2, 0.25) is 5.02 Å². The first kappa shape index (κ1) is 21.4. The lowest BCUT2D eigenvalue weighted by atomic mass is 9.88. The zero-order valence-corrected chi connectivity index (χ0v) is 19.6. The molecule has 4 aromatic rings. The van der Waals surface area contributed by atoms with Gasteiger partial charge in [-0.2, -0.15) is 5.10 Å². The maximum Gasteiger partial charge on any atom is 0.240 e. The van der Waals surface area contributed by atoms with E-state index in [4.69, 9.17) is 21.7 Å². The third-order valence-electron chi connectivity index (χ3n) is 6.26. The summed E-state index contributed by atoms with van der Waals surface area (Å²) in [5.74, 6) is -0.0716. The highest BCUT2D eigenvalue weighted by Gasteiger charge is 2.34. The van der Waals surface area contributed by atoms with Crippen LogP contribution >= 0.6 is 11.6 Å². The van der Waals surface area contributed by atoms with E-state index in [9.17, 15) is 4.79 Å². The van der Waals surface area contributed by atoms with Crippen LogP contribution in [0.15, 0.2) is 77.9 Å². The molecule has 0 aliphatic carbocycles. The minimum atomic E-state index is -0.136. The number of aryl methyl sites for hydroxylation is 2. The van der Waals surface area contributed by atoms with Gasteiger partial charge in [0.1, 0.15) is 0 Å². The second kappa shape index (κ2) is 8.45. The minimum Gasteiger partial charge on any atom is -0.273 e. The van der Waals surface area contributed by atoms with E-state index in [1.54, 1.807) is 11.9 Å². The van der Waals surface area contributed by atoms with Gasteiger partial charge >= 0.3 is 0 Å². The predicted octanol–water partition coefficient (Wildman–Crippen LogP) is 6.87. The van der Waals surface area contributed by atoms with E-state index in [1.807, 2.05) is 55.5 Å². The monoisotopic (exact) mass is 453 g/mol. The number of carbonyl (C=O) groups is 1. The summed E-state index contributed by atoms with van der Waals surface area (Å²) in [5, 5.41) is 8.16. The quantitative estimate of drug-likeness (QED) is 0.339. The highest BCUT2D eigenvalue weighted by atomic mass is 35.5. The van der Waals surface area contributed by atoms with Crippen LogP contribution in [0.1, 0.15) is 41.8 Å². The van der Waals surface area contributed by atoms with Crippen LogP contribution in [0.4, 0.5) is 0 Å². The fourth-order valence-electron chi connectivity index (χ4n) is 4.77. The number of amides is 1. The lowest BCUT2D eigenvalue weighted by molar-refractivity contribution is -0.130. The molecular formula is C28H24ClN3O. The summed E-state index contributed by atoms with van der Waals surface area (Å²) in [6.45, 7) is 5.65. The van der Waals surface area contributed by atoms with Crippen molar-refractivity contribution in [3.8, 4) is 11.1 Å². The molecule has 4 nitrogen and oxygen atoms in total. The molecule has 2 heterocycles. The molecule has 0 N–H and O–H groups in total. The number of pyridine rings is 1. The SMILES string of the molecule is CC(=O)N1N=C(c2c(C)nc3cc(Cl)ccc3c2-c2ccccc2)CC1c1ccccc1C. The third kappa shape index (κ3) is 3.81. The Bertz CT molecular complexity index is 1410. The Morgan fingerprint density at radius 3 is 2.42 bits per heavy atom. The number of rotatable bonds is 3. The van der Waals surface area contributed by atoms with Crippen LogP contribution in [0, 0.1) is 13.8 Å². The average Bonchev–Trinajstić information content (AvgIpc) is 3.24. The van der Waals surface area contributed by atoms with E-state index in [0.717, 1.165) is 50.1 Å². The zero-order valence-electron chi connectivity index (χ0n) is 18.8. The van der Waals surface area contributed by atoms with E-state index in [2.05, 4.69) is 31.2 Å². The molecule has 1 amide bonds. The Balaban J connectivity index is 1.74. The predicted molar refractivity (Wildman–Crippen MR) is 135 cm³/mol. The molecule has 1 aliphatic heterocycles. The first-order valence-corrected chi connectivity index (χ1v) is 11.4. The fourth-order valence-corrected chi connectivity index (χ4v) is 4.94. The summed E-state index contributed by atoms with van der Waals surface area (Å²) >= 11 is 6.28. The van der Waals surface area contributed by atoms with Crippen LogP contribution in [-0.2, 0) is 4.79 Å². The number of aromatic nitrogens is 1. The number of halogens is 1. The van der Waals surface area contributed by atoms with E-state index in [1.165, 1.54) is 0 Å². The molecule has 0 saturated carbocycles. The van der Waals surface area contributed by atoms with Crippen molar-refractivity contribution < 1.29 is 4.79 Å². The number of nitrogens with zero attached hydrogens (tertiary/aromatic N) is 3. The molecule has 0 spiro atoms. The van der Waals surface area contributed by atoms with Gasteiger partial charge in [0.2, 0.25) is 5.91 Å². The molecule has 1 unspecified atom stereocenters. The van der Waals surface area contributed by atoms with Gasteiger partial charge in [0.05, 0.1) is 17.3 Å². The number of benzene rings is 3. The molecule has 1 aliphatic rings. The Labute approximate surface area is 198 Å². The number of hydrogen-bond donors (Lipinski definition) is 0. The number of carbonyl (C=O) groups excluding carboxylic acids is 1. The summed E-state index contributed by atoms with van der Waals surface area (Å²) in [6.07, 6.45) is 0.631. The van der Waals surface area contributed by atoms with E-state index >= 15 is 0 Å². The van der Waals surface area contributed by atoms with Crippen molar-refractivity contribution in [1.29, 1.82) is 0 Å². The van der Waals surface area contributed by atoms with Gasteiger partial charge in [-0.1, -0.05) is 72.3 Å². The maximum absolute atomic E-state index is 12.6. The molecule has 0 bridgehead atoms. The highest BCUT2D eigenvalue weighted by Crippen LogP contribution is 2.40. The normalized spacial score (nSPS) is 15.7. The van der Waals surface area contributed by atoms with Crippen molar-refractivity contribution in [3.63, 3.8) is 0 Å². The molecule has 0 fully saturated rings. The Kier molecular flexibility index (Phi) is 5.47. The van der Waals surface area contributed by atoms with Gasteiger partial charge in [-0.3, -0.25) is 9.78 Å². The van der Waals surface area contributed by atoms with Crippen molar-refractivity contribution in [2.24, 2.45) is 5.10 Å². The zero-order chi connectivity index (χ0) is 23.1. The van der Waals surface area contributed by atoms with Crippen LogP contribution in [0.3, 0.4) is 0 Å². The van der Waals surface area contributed by atoms with E-state index in [-0.39, 0.29) is 11.9 Å². The third-order valence-corrected chi connectivity index (χ3v) is 6.50. The van der Waals surface area contributed by atoms with Crippen LogP contribution < -0.4 is 0 Å². The molecule has 33 heavy (non-hydrogen) atoms. The molecule has 164 valence electrons. The number of hydrazone groups is 1. The second-order valence-corrected chi connectivity index (χ2v) is 8.90. The topological polar surface area (TPSA) is 45.6 Å². The lowest BCUT2D eigenvalue weighted by Gasteiger charge is -2.22. The van der Waals surface area contributed by atoms with Crippen LogP contribution in [0.25, 0.3) is 22.0 Å². The van der Waals surface area contributed by atoms with E-state index in [0.29, 0.717) is 11.4 Å². The summed E-state index contributed by atoms with van der Waals surface area (Å²) in [4.78, 5) is 17.5. The van der Waals surface area contributed by atoms with Gasteiger partial charge in [-0.25, -0.2) is 5.01 Å². The summed E-state index contributed by atoms with van der Waals surface area (Å²) in [7, 11) is 0. The van der Waals surface area contributed by atoms with Crippen molar-refractivity contribution in [2.45, 2.75) is 33.2 Å². The highest BCUT2D eigenvalue weighted by molar-refractivity contribution is 6.31. The maximum atomic E-state index is 12.6. The number of fused-ring (bicyclic) bond motifs is 1. The van der Waals surface area contributed by atoms with Crippen molar-refractivity contribution in [2.75, 3.05) is 0 Å². The Morgan fingerprint density at radius 1 is 0.970 bits per heavy atom. The summed E-state index contributed by atoms with van der Waals surface area (Å²) in [6, 6.07) is 24.1. The largest absolute Gasteiger partial charge is 0.273 e. The van der Waals surface area contributed by atoms with Crippen LogP contribution in [0.5, 0.6) is 0 Å². The van der Waals surface area contributed by atoms with Crippen molar-refractivity contribution in [1.82, 2.24) is 9.99 Å². The molecule has 1 atom stereocenters. The van der Waals surface area contributed by atoms with E-state index < -0.39 is 0 Å². The van der Waals surface area contributed by atoms with Gasteiger partial charge in [-0.05, 0) is 42.7 Å². The van der Waals surface area contributed by atoms with Gasteiger partial charge in [0.15, 0.2) is 0 Å². The lowest BCUT2D eigenvalue weighted by Crippen LogP contribution is -2.24. The Hall–Kier alpha value is -3.50. The summed E-state index contributed by atoms with van der Waals surface area (Å²) in [5.41, 5.74) is 8.00. The Morgan fingerprint density at radius 2 is 1.70 bits per heavy atom. The van der Waals surface area contributed by atoms with Crippen molar-refractivity contribution in [3.05, 3.63) is 100 Å². The van der Waals surface area contributed by atoms with Gasteiger partial charge in [-0.15, -0.1) is 0 Å². The molecule has 0 radical (unpaired) electrons. The standard InChI is InChI=1S/C28H24ClN3O/c1-17-9-7-8-12-22(17)26-16-25(31-32(26)19(3)33)27-18(2)30-24-15-21(29)13-14-23(24)28(27)20-10-5-4-6-11-20/h4-15,26H,16H2,1-3H3. The van der Waals surface area contributed by atoms with Gasteiger partial charge < -0.3 is 0 Å². The molecule has 1 aromatic heterocycles. The summed E-state index contributed by atoms with van der Waals surface area (Å²) < 4.78 is 0.